The van der Waals surface area contributed by atoms with Crippen LogP contribution in [0.4, 0.5) is 0 Å². The molecule has 21 heavy (non-hydrogen) atoms. The third kappa shape index (κ3) is 4.08. The predicted octanol–water partition coefficient (Wildman–Crippen LogP) is 5.18. The molecule has 0 radical (unpaired) electrons. The summed E-state index contributed by atoms with van der Waals surface area (Å²) < 4.78 is 6.61. The summed E-state index contributed by atoms with van der Waals surface area (Å²) >= 11 is 3.47. The fraction of sp³-hybridized carbons (Fsp3) is 0.333. The van der Waals surface area contributed by atoms with Crippen LogP contribution in [0.25, 0.3) is 0 Å². The molecular weight excluding hydrogens is 326 g/mol. The molecule has 3 heteroatoms. The van der Waals surface area contributed by atoms with Gasteiger partial charge in [-0.3, -0.25) is 0 Å². The Bertz CT molecular complexity index is 595. The number of ether oxygens (including phenoxy) is 1. The van der Waals surface area contributed by atoms with Gasteiger partial charge in [-0.2, -0.15) is 0 Å². The molecule has 0 bridgehead atoms. The van der Waals surface area contributed by atoms with Crippen LogP contribution in [0.2, 0.25) is 0 Å². The molecule has 0 heterocycles. The maximum absolute atomic E-state index is 5.50. The molecule has 0 aliphatic heterocycles. The fourth-order valence-electron chi connectivity index (χ4n) is 2.49. The van der Waals surface area contributed by atoms with Crippen LogP contribution in [0.5, 0.6) is 5.75 Å². The van der Waals surface area contributed by atoms with Gasteiger partial charge in [0.25, 0.3) is 0 Å². The first kappa shape index (κ1) is 16.1. The summed E-state index contributed by atoms with van der Waals surface area (Å²) in [5, 5.41) is 3.63. The highest BCUT2D eigenvalue weighted by molar-refractivity contribution is 9.10. The van der Waals surface area contributed by atoms with E-state index in [-0.39, 0.29) is 12.1 Å². The van der Waals surface area contributed by atoms with E-state index in [4.69, 9.17) is 4.74 Å². The monoisotopic (exact) mass is 347 g/mol. The first-order valence-electron chi connectivity index (χ1n) is 7.17. The molecule has 0 saturated carbocycles. The van der Waals surface area contributed by atoms with Crippen LogP contribution in [0.1, 0.15) is 42.6 Å². The highest BCUT2D eigenvalue weighted by Gasteiger charge is 2.14. The summed E-state index contributed by atoms with van der Waals surface area (Å²) in [5.74, 6) is 0.943. The van der Waals surface area contributed by atoms with Crippen molar-refractivity contribution in [1.29, 1.82) is 0 Å². The van der Waals surface area contributed by atoms with Crippen molar-refractivity contribution < 1.29 is 4.74 Å². The Kier molecular flexibility index (Phi) is 5.43. The first-order valence-corrected chi connectivity index (χ1v) is 7.96. The summed E-state index contributed by atoms with van der Waals surface area (Å²) in [4.78, 5) is 0. The van der Waals surface area contributed by atoms with E-state index in [0.717, 1.165) is 10.2 Å². The Morgan fingerprint density at radius 2 is 1.67 bits per heavy atom. The van der Waals surface area contributed by atoms with Crippen LogP contribution in [0, 0.1) is 6.92 Å². The zero-order valence-electron chi connectivity index (χ0n) is 13.0. The summed E-state index contributed by atoms with van der Waals surface area (Å²) in [6.07, 6.45) is 0. The van der Waals surface area contributed by atoms with Crippen molar-refractivity contribution in [2.45, 2.75) is 32.9 Å². The minimum atomic E-state index is 0.221. The van der Waals surface area contributed by atoms with Crippen molar-refractivity contribution in [3.63, 3.8) is 0 Å². The predicted molar refractivity (Wildman–Crippen MR) is 91.8 cm³/mol. The SMILES string of the molecule is COc1cc(C)ccc1C(C)N[C@H](C)c1ccc(Br)cc1. The fourth-order valence-corrected chi connectivity index (χ4v) is 2.75. The van der Waals surface area contributed by atoms with E-state index in [2.05, 4.69) is 84.5 Å². The lowest BCUT2D eigenvalue weighted by atomic mass is 10.0. The van der Waals surface area contributed by atoms with E-state index < -0.39 is 0 Å². The molecule has 2 aromatic rings. The second kappa shape index (κ2) is 7.10. The van der Waals surface area contributed by atoms with Gasteiger partial charge in [0, 0.05) is 22.1 Å². The van der Waals surface area contributed by atoms with E-state index in [9.17, 15) is 0 Å². The lowest BCUT2D eigenvalue weighted by Gasteiger charge is -2.22. The van der Waals surface area contributed by atoms with E-state index in [1.807, 2.05) is 0 Å². The molecule has 112 valence electrons. The number of benzene rings is 2. The van der Waals surface area contributed by atoms with Crippen LogP contribution in [0.15, 0.2) is 46.9 Å². The van der Waals surface area contributed by atoms with Crippen molar-refractivity contribution in [2.24, 2.45) is 0 Å². The number of hydrogen-bond donors (Lipinski definition) is 1. The Balaban J connectivity index is 2.13. The Morgan fingerprint density at radius 1 is 1.00 bits per heavy atom. The molecule has 0 fully saturated rings. The number of halogens is 1. The van der Waals surface area contributed by atoms with Crippen molar-refractivity contribution in [2.75, 3.05) is 7.11 Å². The topological polar surface area (TPSA) is 21.3 Å². The van der Waals surface area contributed by atoms with Gasteiger partial charge < -0.3 is 10.1 Å². The van der Waals surface area contributed by atoms with Crippen molar-refractivity contribution >= 4 is 15.9 Å². The van der Waals surface area contributed by atoms with Gasteiger partial charge in [0.1, 0.15) is 5.75 Å². The van der Waals surface area contributed by atoms with Crippen LogP contribution in [-0.4, -0.2) is 7.11 Å². The summed E-state index contributed by atoms with van der Waals surface area (Å²) in [5.41, 5.74) is 3.67. The van der Waals surface area contributed by atoms with E-state index in [1.165, 1.54) is 16.7 Å². The summed E-state index contributed by atoms with van der Waals surface area (Å²) in [6, 6.07) is 15.3. The Hall–Kier alpha value is -1.32. The summed E-state index contributed by atoms with van der Waals surface area (Å²) in [6.45, 7) is 6.43. The smallest absolute Gasteiger partial charge is 0.123 e. The standard InChI is InChI=1S/C18H22BrNO/c1-12-5-10-17(18(11-12)21-4)14(3)20-13(2)15-6-8-16(19)9-7-15/h5-11,13-14,20H,1-4H3/t13-,14?/m1/s1. The van der Waals surface area contributed by atoms with Gasteiger partial charge in [-0.15, -0.1) is 0 Å². The van der Waals surface area contributed by atoms with Crippen LogP contribution in [0.3, 0.4) is 0 Å². The lowest BCUT2D eigenvalue weighted by molar-refractivity contribution is 0.396. The maximum Gasteiger partial charge on any atom is 0.123 e. The number of aryl methyl sites for hydroxylation is 1. The quantitative estimate of drug-likeness (QED) is 0.804. The van der Waals surface area contributed by atoms with Gasteiger partial charge in [0.15, 0.2) is 0 Å². The average molecular weight is 348 g/mol. The number of methoxy groups -OCH3 is 1. The van der Waals surface area contributed by atoms with E-state index in [0.29, 0.717) is 0 Å². The molecule has 0 amide bonds. The molecule has 0 aromatic heterocycles. The Morgan fingerprint density at radius 3 is 2.29 bits per heavy atom. The minimum Gasteiger partial charge on any atom is -0.496 e. The second-order valence-electron chi connectivity index (χ2n) is 5.41. The van der Waals surface area contributed by atoms with E-state index in [1.54, 1.807) is 7.11 Å². The molecule has 2 rings (SSSR count). The zero-order valence-corrected chi connectivity index (χ0v) is 14.6. The molecule has 2 nitrogen and oxygen atoms in total. The molecule has 2 aromatic carbocycles. The zero-order chi connectivity index (χ0) is 15.4. The average Bonchev–Trinajstić information content (AvgIpc) is 2.47. The highest BCUT2D eigenvalue weighted by atomic mass is 79.9. The molecule has 0 saturated heterocycles. The van der Waals surface area contributed by atoms with Crippen molar-refractivity contribution in [3.8, 4) is 5.75 Å². The third-order valence-corrected chi connectivity index (χ3v) is 4.25. The second-order valence-corrected chi connectivity index (χ2v) is 6.32. The number of hydrogen-bond acceptors (Lipinski definition) is 2. The van der Waals surface area contributed by atoms with Gasteiger partial charge in [-0.05, 0) is 50.1 Å². The van der Waals surface area contributed by atoms with Crippen LogP contribution in [-0.2, 0) is 0 Å². The summed E-state index contributed by atoms with van der Waals surface area (Å²) in [7, 11) is 1.73. The van der Waals surface area contributed by atoms with Gasteiger partial charge >= 0.3 is 0 Å². The molecule has 1 N–H and O–H groups in total. The van der Waals surface area contributed by atoms with Gasteiger partial charge in [-0.1, -0.05) is 40.2 Å². The molecule has 2 atom stereocenters. The van der Waals surface area contributed by atoms with Crippen LogP contribution >= 0.6 is 15.9 Å². The molecule has 0 aliphatic rings. The number of rotatable bonds is 5. The first-order chi connectivity index (χ1) is 10.0. The van der Waals surface area contributed by atoms with Crippen molar-refractivity contribution in [1.82, 2.24) is 5.32 Å². The Labute approximate surface area is 135 Å². The minimum absolute atomic E-state index is 0.221. The lowest BCUT2D eigenvalue weighted by Crippen LogP contribution is -2.22. The highest BCUT2D eigenvalue weighted by Crippen LogP contribution is 2.28. The molecule has 0 spiro atoms. The third-order valence-electron chi connectivity index (χ3n) is 3.73. The number of nitrogens with one attached hydrogen (secondary N) is 1. The van der Waals surface area contributed by atoms with Gasteiger partial charge in [-0.25, -0.2) is 0 Å². The van der Waals surface area contributed by atoms with Gasteiger partial charge in [0.05, 0.1) is 7.11 Å². The molecule has 0 aliphatic carbocycles. The van der Waals surface area contributed by atoms with Gasteiger partial charge in [0.2, 0.25) is 0 Å². The van der Waals surface area contributed by atoms with Crippen molar-refractivity contribution in [3.05, 3.63) is 63.6 Å². The maximum atomic E-state index is 5.50. The largest absolute Gasteiger partial charge is 0.496 e. The van der Waals surface area contributed by atoms with Crippen LogP contribution < -0.4 is 10.1 Å². The molecule has 1 unspecified atom stereocenters. The normalized spacial score (nSPS) is 13.8. The molecular formula is C18H22BrNO. The van der Waals surface area contributed by atoms with E-state index >= 15 is 0 Å².